The van der Waals surface area contributed by atoms with Crippen LogP contribution in [0.2, 0.25) is 0 Å². The number of nitrogens with zero attached hydrogens (tertiary/aromatic N) is 3. The fourth-order valence-electron chi connectivity index (χ4n) is 7.27. The summed E-state index contributed by atoms with van der Waals surface area (Å²) in [6.07, 6.45) is 14.2. The first kappa shape index (κ1) is 26.3. The summed E-state index contributed by atoms with van der Waals surface area (Å²) in [6, 6.07) is 10.7. The molecule has 5 rings (SSSR count). The van der Waals surface area contributed by atoms with E-state index < -0.39 is 0 Å². The van der Waals surface area contributed by atoms with Gasteiger partial charge in [-0.15, -0.1) is 0 Å². The largest absolute Gasteiger partial charge is 0.445 e. The topological polar surface area (TPSA) is 36.0 Å². The molecule has 5 heteroatoms. The molecule has 37 heavy (non-hydrogen) atoms. The van der Waals surface area contributed by atoms with Crippen molar-refractivity contribution < 1.29 is 9.53 Å². The van der Waals surface area contributed by atoms with Crippen LogP contribution in [-0.2, 0) is 11.3 Å². The lowest BCUT2D eigenvalue weighted by molar-refractivity contribution is 0.0903. The Hall–Kier alpha value is -2.27. The third-order valence-corrected chi connectivity index (χ3v) is 9.87. The van der Waals surface area contributed by atoms with E-state index in [0.29, 0.717) is 30.3 Å². The number of amides is 1. The van der Waals surface area contributed by atoms with Crippen molar-refractivity contribution in [1.82, 2.24) is 14.7 Å². The summed E-state index contributed by atoms with van der Waals surface area (Å²) in [5.74, 6) is 2.39. The minimum absolute atomic E-state index is 0.225. The summed E-state index contributed by atoms with van der Waals surface area (Å²) in [5, 5.41) is 0. The predicted molar refractivity (Wildman–Crippen MR) is 150 cm³/mol. The molecule has 1 aromatic rings. The maximum Gasteiger partial charge on any atom is 0.409 e. The molecule has 3 aliphatic carbocycles. The van der Waals surface area contributed by atoms with E-state index in [4.69, 9.17) is 4.74 Å². The smallest absolute Gasteiger partial charge is 0.409 e. The van der Waals surface area contributed by atoms with Gasteiger partial charge in [-0.1, -0.05) is 75.1 Å². The molecule has 2 saturated carbocycles. The zero-order chi connectivity index (χ0) is 25.8. The molecule has 1 heterocycles. The van der Waals surface area contributed by atoms with Crippen LogP contribution in [0.4, 0.5) is 4.79 Å². The molecule has 0 N–H and O–H groups in total. The van der Waals surface area contributed by atoms with E-state index in [2.05, 4.69) is 35.8 Å². The van der Waals surface area contributed by atoms with Crippen LogP contribution in [0, 0.1) is 23.7 Å². The SMILES string of the molecule is CC1C2=CC(N3CCN(C4CCCCC4)CC3)=CC(C2)C(CCN(C)C(=O)OCc2ccccc2)[C@@H]1C. The number of rotatable bonds is 7. The molecule has 1 aromatic carbocycles. The summed E-state index contributed by atoms with van der Waals surface area (Å²) in [5.41, 5.74) is 4.13. The van der Waals surface area contributed by atoms with Gasteiger partial charge in [0.25, 0.3) is 0 Å². The summed E-state index contributed by atoms with van der Waals surface area (Å²) >= 11 is 0. The van der Waals surface area contributed by atoms with Crippen LogP contribution in [0.25, 0.3) is 0 Å². The van der Waals surface area contributed by atoms with Gasteiger partial charge in [0.2, 0.25) is 0 Å². The molecule has 0 aromatic heterocycles. The third-order valence-electron chi connectivity index (χ3n) is 9.87. The minimum Gasteiger partial charge on any atom is -0.445 e. The average Bonchev–Trinajstić information content (AvgIpc) is 2.95. The Bertz CT molecular complexity index is 960. The Labute approximate surface area is 224 Å². The normalized spacial score (nSPS) is 28.9. The molecular weight excluding hydrogens is 458 g/mol. The second-order valence-corrected chi connectivity index (χ2v) is 12.1. The highest BCUT2D eigenvalue weighted by Crippen LogP contribution is 2.47. The van der Waals surface area contributed by atoms with Gasteiger partial charge in [0.05, 0.1) is 0 Å². The number of piperazine rings is 1. The summed E-state index contributed by atoms with van der Waals surface area (Å²) in [4.78, 5) is 19.8. The van der Waals surface area contributed by atoms with Gasteiger partial charge in [-0.2, -0.15) is 0 Å². The molecule has 1 amide bonds. The van der Waals surface area contributed by atoms with Crippen LogP contribution in [-0.4, -0.2) is 66.6 Å². The molecule has 3 fully saturated rings. The van der Waals surface area contributed by atoms with E-state index in [9.17, 15) is 4.79 Å². The number of ether oxygens (including phenoxy) is 1. The lowest BCUT2D eigenvalue weighted by atomic mass is 9.62. The van der Waals surface area contributed by atoms with Crippen molar-refractivity contribution in [3.8, 4) is 0 Å². The van der Waals surface area contributed by atoms with Crippen molar-refractivity contribution >= 4 is 6.09 Å². The average molecular weight is 506 g/mol. The maximum absolute atomic E-state index is 12.6. The molecule has 0 spiro atoms. The molecule has 5 nitrogen and oxygen atoms in total. The number of carbonyl (C=O) groups is 1. The molecule has 202 valence electrons. The lowest BCUT2D eigenvalue weighted by Crippen LogP contribution is -2.50. The Morgan fingerprint density at radius 3 is 2.49 bits per heavy atom. The molecule has 4 atom stereocenters. The van der Waals surface area contributed by atoms with Gasteiger partial charge >= 0.3 is 6.09 Å². The van der Waals surface area contributed by atoms with Gasteiger partial charge in [-0.25, -0.2) is 4.79 Å². The highest BCUT2D eigenvalue weighted by molar-refractivity contribution is 5.67. The Kier molecular flexibility index (Phi) is 8.59. The molecule has 4 aliphatic rings. The second kappa shape index (κ2) is 12.1. The number of fused-ring (bicyclic) bond motifs is 2. The Morgan fingerprint density at radius 1 is 1.03 bits per heavy atom. The third kappa shape index (κ3) is 6.25. The van der Waals surface area contributed by atoms with Gasteiger partial charge < -0.3 is 14.5 Å². The standard InChI is InChI=1S/C32H47N3O2/c1-24-25(2)31(14-15-33(3)32(36)37-23-26-10-6-4-7-11-26)28-20-27(24)21-30(22-28)35-18-16-34(17-19-35)29-12-8-5-9-13-29/h4,6-7,10-11,21-22,24-25,28-29,31H,5,8-9,12-20,23H2,1-3H3/t24?,25-,28?,31?/m1/s1. The van der Waals surface area contributed by atoms with Crippen molar-refractivity contribution in [2.24, 2.45) is 23.7 Å². The molecule has 0 radical (unpaired) electrons. The number of benzene rings is 1. The van der Waals surface area contributed by atoms with Crippen LogP contribution < -0.4 is 0 Å². The predicted octanol–water partition coefficient (Wildman–Crippen LogP) is 6.33. The van der Waals surface area contributed by atoms with Crippen molar-refractivity contribution in [1.29, 1.82) is 0 Å². The second-order valence-electron chi connectivity index (χ2n) is 12.1. The molecule has 1 saturated heterocycles. The number of allylic oxidation sites excluding steroid dienone is 3. The fourth-order valence-corrected chi connectivity index (χ4v) is 7.27. The van der Waals surface area contributed by atoms with Crippen LogP contribution in [0.5, 0.6) is 0 Å². The van der Waals surface area contributed by atoms with Gasteiger partial charge in [0.15, 0.2) is 0 Å². The number of hydrogen-bond donors (Lipinski definition) is 0. The Morgan fingerprint density at radius 2 is 1.76 bits per heavy atom. The van der Waals surface area contributed by atoms with Crippen molar-refractivity contribution in [2.45, 2.75) is 71.4 Å². The van der Waals surface area contributed by atoms with Crippen LogP contribution in [0.1, 0.15) is 64.4 Å². The van der Waals surface area contributed by atoms with Crippen LogP contribution in [0.15, 0.2) is 53.8 Å². The maximum atomic E-state index is 12.6. The highest BCUT2D eigenvalue weighted by atomic mass is 16.6. The van der Waals surface area contributed by atoms with E-state index in [1.54, 1.807) is 10.5 Å². The fraction of sp³-hybridized carbons (Fsp3) is 0.656. The van der Waals surface area contributed by atoms with E-state index in [0.717, 1.165) is 37.7 Å². The molecular formula is C32H47N3O2. The minimum atomic E-state index is -0.225. The zero-order valence-corrected chi connectivity index (χ0v) is 23.3. The van der Waals surface area contributed by atoms with E-state index in [1.165, 1.54) is 57.3 Å². The van der Waals surface area contributed by atoms with Gasteiger partial charge in [-0.3, -0.25) is 4.90 Å². The first-order valence-electron chi connectivity index (χ1n) is 14.8. The van der Waals surface area contributed by atoms with Crippen molar-refractivity contribution in [3.63, 3.8) is 0 Å². The molecule has 3 unspecified atom stereocenters. The summed E-state index contributed by atoms with van der Waals surface area (Å²) in [7, 11) is 1.88. The van der Waals surface area contributed by atoms with Crippen molar-refractivity contribution in [2.75, 3.05) is 39.8 Å². The lowest BCUT2D eigenvalue weighted by Gasteiger charge is -2.46. The number of hydrogen-bond acceptors (Lipinski definition) is 4. The molecule has 1 aliphatic heterocycles. The highest BCUT2D eigenvalue weighted by Gasteiger charge is 2.39. The van der Waals surface area contributed by atoms with Gasteiger partial charge in [0, 0.05) is 51.5 Å². The first-order valence-corrected chi connectivity index (χ1v) is 14.8. The molecule has 2 bridgehead atoms. The Balaban J connectivity index is 1.16. The first-order chi connectivity index (χ1) is 18.0. The summed E-state index contributed by atoms with van der Waals surface area (Å²) in [6.45, 7) is 10.6. The van der Waals surface area contributed by atoms with Crippen molar-refractivity contribution in [3.05, 3.63) is 59.3 Å². The van der Waals surface area contributed by atoms with Gasteiger partial charge in [0.1, 0.15) is 6.61 Å². The monoisotopic (exact) mass is 505 g/mol. The van der Waals surface area contributed by atoms with E-state index in [1.807, 2.05) is 37.4 Å². The van der Waals surface area contributed by atoms with E-state index >= 15 is 0 Å². The quantitative estimate of drug-likeness (QED) is 0.434. The number of carbonyl (C=O) groups excluding carboxylic acids is 1. The van der Waals surface area contributed by atoms with Crippen LogP contribution in [0.3, 0.4) is 0 Å². The zero-order valence-electron chi connectivity index (χ0n) is 23.3. The van der Waals surface area contributed by atoms with Crippen LogP contribution >= 0.6 is 0 Å². The van der Waals surface area contributed by atoms with E-state index in [-0.39, 0.29) is 6.09 Å². The van der Waals surface area contributed by atoms with Gasteiger partial charge in [-0.05, 0) is 61.0 Å². The summed E-state index contributed by atoms with van der Waals surface area (Å²) < 4.78 is 5.56.